The third kappa shape index (κ3) is 3.93. The van der Waals surface area contributed by atoms with Crippen LogP contribution in [0.4, 0.5) is 0 Å². The van der Waals surface area contributed by atoms with Gasteiger partial charge in [0.05, 0.1) is 7.11 Å². The molecular weight excluding hydrogens is 326 g/mol. The number of H-pyrrole nitrogens is 1. The van der Waals surface area contributed by atoms with E-state index < -0.39 is 0 Å². The number of aromatic nitrogens is 1. The lowest BCUT2D eigenvalue weighted by atomic mass is 10.1. The number of nitrogens with zero attached hydrogens (tertiary/aromatic N) is 1. The zero-order chi connectivity index (χ0) is 18.4. The average Bonchev–Trinajstić information content (AvgIpc) is 3.09. The summed E-state index contributed by atoms with van der Waals surface area (Å²) >= 11 is 0. The number of hydrogen-bond acceptors (Lipinski definition) is 3. The molecule has 0 spiro atoms. The molecule has 2 N–H and O–H groups in total. The first-order valence-corrected chi connectivity index (χ1v) is 8.30. The number of benzene rings is 2. The zero-order valence-electron chi connectivity index (χ0n) is 14.5. The van der Waals surface area contributed by atoms with E-state index in [4.69, 9.17) is 4.74 Å². The molecule has 0 saturated carbocycles. The number of fused-ring (bicyclic) bond motifs is 1. The molecule has 1 aromatic heterocycles. The van der Waals surface area contributed by atoms with E-state index in [0.717, 1.165) is 22.0 Å². The second-order valence-electron chi connectivity index (χ2n) is 5.81. The van der Waals surface area contributed by atoms with E-state index in [1.165, 1.54) is 0 Å². The molecule has 0 saturated heterocycles. The van der Waals surface area contributed by atoms with Gasteiger partial charge in [0.2, 0.25) is 0 Å². The van der Waals surface area contributed by atoms with Gasteiger partial charge in [-0.25, -0.2) is 0 Å². The molecule has 3 rings (SSSR count). The van der Waals surface area contributed by atoms with Crippen LogP contribution in [0.25, 0.3) is 17.0 Å². The number of ether oxygens (including phenoxy) is 1. The molecule has 1 amide bonds. The molecule has 5 heteroatoms. The Kier molecular flexibility index (Phi) is 5.35. The van der Waals surface area contributed by atoms with Crippen LogP contribution < -0.4 is 10.1 Å². The fourth-order valence-corrected chi connectivity index (χ4v) is 2.79. The van der Waals surface area contributed by atoms with Crippen molar-refractivity contribution < 1.29 is 9.53 Å². The second-order valence-corrected chi connectivity index (χ2v) is 5.81. The number of carbonyl (C=O) groups excluding carboxylic acids is 1. The van der Waals surface area contributed by atoms with Crippen LogP contribution in [0, 0.1) is 11.3 Å². The molecule has 0 bridgehead atoms. The summed E-state index contributed by atoms with van der Waals surface area (Å²) in [6.07, 6.45) is 4.20. The zero-order valence-corrected chi connectivity index (χ0v) is 14.5. The fourth-order valence-electron chi connectivity index (χ4n) is 2.79. The first kappa shape index (κ1) is 17.3. The summed E-state index contributed by atoms with van der Waals surface area (Å²) in [5, 5.41) is 13.3. The summed E-state index contributed by atoms with van der Waals surface area (Å²) in [7, 11) is 1.57. The molecule has 0 unspecified atom stereocenters. The maximum absolute atomic E-state index is 12.3. The molecular formula is C21H19N3O2. The Morgan fingerprint density at radius 2 is 2.12 bits per heavy atom. The third-order valence-electron chi connectivity index (χ3n) is 4.12. The molecule has 0 fully saturated rings. The summed E-state index contributed by atoms with van der Waals surface area (Å²) < 4.78 is 5.16. The number of rotatable bonds is 6. The number of amides is 1. The van der Waals surface area contributed by atoms with Crippen LogP contribution in [-0.2, 0) is 11.2 Å². The minimum atomic E-state index is -0.379. The molecule has 5 nitrogen and oxygen atoms in total. The van der Waals surface area contributed by atoms with Crippen molar-refractivity contribution in [2.24, 2.45) is 0 Å². The van der Waals surface area contributed by atoms with Gasteiger partial charge in [-0.1, -0.05) is 30.3 Å². The van der Waals surface area contributed by atoms with Gasteiger partial charge in [-0.15, -0.1) is 0 Å². The lowest BCUT2D eigenvalue weighted by Crippen LogP contribution is -2.26. The van der Waals surface area contributed by atoms with E-state index >= 15 is 0 Å². The summed E-state index contributed by atoms with van der Waals surface area (Å²) in [6.45, 7) is 0.456. The standard InChI is InChI=1S/C21H19N3O2/c1-26-18-6-4-5-15(12-18)11-17(13-22)21(25)23-10-9-16-14-24-20-8-3-2-7-19(16)20/h2-8,11-12,14,24H,9-10H2,1H3,(H,23,25)/b17-11+. The molecule has 0 aliphatic heterocycles. The van der Waals surface area contributed by atoms with Crippen LogP contribution in [0.3, 0.4) is 0 Å². The van der Waals surface area contributed by atoms with Crippen molar-refractivity contribution in [3.63, 3.8) is 0 Å². The van der Waals surface area contributed by atoms with E-state index in [0.29, 0.717) is 18.7 Å². The predicted molar refractivity (Wildman–Crippen MR) is 102 cm³/mol. The topological polar surface area (TPSA) is 77.9 Å². The van der Waals surface area contributed by atoms with Crippen LogP contribution in [0.1, 0.15) is 11.1 Å². The van der Waals surface area contributed by atoms with Crippen molar-refractivity contribution >= 4 is 22.9 Å². The third-order valence-corrected chi connectivity index (χ3v) is 4.12. The quantitative estimate of drug-likeness (QED) is 0.531. The highest BCUT2D eigenvalue weighted by atomic mass is 16.5. The first-order valence-electron chi connectivity index (χ1n) is 8.30. The van der Waals surface area contributed by atoms with Gasteiger partial charge in [0.25, 0.3) is 5.91 Å². The smallest absolute Gasteiger partial charge is 0.261 e. The van der Waals surface area contributed by atoms with Crippen LogP contribution in [0.5, 0.6) is 5.75 Å². The van der Waals surface area contributed by atoms with Gasteiger partial charge in [-0.2, -0.15) is 5.26 Å². The molecule has 2 aromatic carbocycles. The summed E-state index contributed by atoms with van der Waals surface area (Å²) in [4.78, 5) is 15.5. The maximum atomic E-state index is 12.3. The number of nitriles is 1. The minimum Gasteiger partial charge on any atom is -0.497 e. The van der Waals surface area contributed by atoms with Crippen LogP contribution in [-0.4, -0.2) is 24.5 Å². The lowest BCUT2D eigenvalue weighted by molar-refractivity contribution is -0.117. The highest BCUT2D eigenvalue weighted by Crippen LogP contribution is 2.18. The number of carbonyl (C=O) groups is 1. The fraction of sp³-hybridized carbons (Fsp3) is 0.143. The summed E-state index contributed by atoms with van der Waals surface area (Å²) in [6, 6.07) is 17.2. The van der Waals surface area contributed by atoms with E-state index in [1.807, 2.05) is 54.7 Å². The molecule has 0 atom stereocenters. The van der Waals surface area contributed by atoms with Gasteiger partial charge in [0.15, 0.2) is 0 Å². The molecule has 130 valence electrons. The second kappa shape index (κ2) is 8.04. The highest BCUT2D eigenvalue weighted by Gasteiger charge is 2.09. The van der Waals surface area contributed by atoms with Crippen molar-refractivity contribution in [1.29, 1.82) is 5.26 Å². The monoisotopic (exact) mass is 345 g/mol. The van der Waals surface area contributed by atoms with Crippen molar-refractivity contribution in [3.8, 4) is 11.8 Å². The molecule has 3 aromatic rings. The van der Waals surface area contributed by atoms with Crippen molar-refractivity contribution in [2.45, 2.75) is 6.42 Å². The van der Waals surface area contributed by atoms with Crippen LogP contribution in [0.15, 0.2) is 60.3 Å². The summed E-state index contributed by atoms with van der Waals surface area (Å²) in [5.41, 5.74) is 3.02. The predicted octanol–water partition coefficient (Wildman–Crippen LogP) is 3.44. The Balaban J connectivity index is 1.64. The van der Waals surface area contributed by atoms with Gasteiger partial charge in [-0.05, 0) is 41.8 Å². The van der Waals surface area contributed by atoms with E-state index in [1.54, 1.807) is 19.3 Å². The average molecular weight is 345 g/mol. The van der Waals surface area contributed by atoms with Gasteiger partial charge in [0.1, 0.15) is 17.4 Å². The van der Waals surface area contributed by atoms with Crippen molar-refractivity contribution in [2.75, 3.05) is 13.7 Å². The van der Waals surface area contributed by atoms with Gasteiger partial charge < -0.3 is 15.0 Å². The Morgan fingerprint density at radius 1 is 1.27 bits per heavy atom. The highest BCUT2D eigenvalue weighted by molar-refractivity contribution is 6.01. The van der Waals surface area contributed by atoms with Gasteiger partial charge in [-0.3, -0.25) is 4.79 Å². The Labute approximate surface area is 151 Å². The molecule has 0 radical (unpaired) electrons. The molecule has 0 aliphatic rings. The van der Waals surface area contributed by atoms with Gasteiger partial charge >= 0.3 is 0 Å². The Hall–Kier alpha value is -3.52. The van der Waals surface area contributed by atoms with E-state index in [-0.39, 0.29) is 11.5 Å². The normalized spacial score (nSPS) is 11.2. The number of nitrogens with one attached hydrogen (secondary N) is 2. The summed E-state index contributed by atoms with van der Waals surface area (Å²) in [5.74, 6) is 0.297. The van der Waals surface area contributed by atoms with Gasteiger partial charge in [0, 0.05) is 23.6 Å². The number of para-hydroxylation sites is 1. The first-order chi connectivity index (χ1) is 12.7. The van der Waals surface area contributed by atoms with Crippen molar-refractivity contribution in [1.82, 2.24) is 10.3 Å². The molecule has 1 heterocycles. The van der Waals surface area contributed by atoms with E-state index in [9.17, 15) is 10.1 Å². The van der Waals surface area contributed by atoms with Crippen LogP contribution >= 0.6 is 0 Å². The Bertz CT molecular complexity index is 996. The lowest BCUT2D eigenvalue weighted by Gasteiger charge is -2.05. The number of methoxy groups -OCH3 is 1. The number of aromatic amines is 1. The largest absolute Gasteiger partial charge is 0.497 e. The minimum absolute atomic E-state index is 0.0668. The van der Waals surface area contributed by atoms with Crippen LogP contribution in [0.2, 0.25) is 0 Å². The SMILES string of the molecule is COc1cccc(/C=C(\C#N)C(=O)NCCc2c[nH]c3ccccc23)c1. The maximum Gasteiger partial charge on any atom is 0.261 e. The van der Waals surface area contributed by atoms with E-state index in [2.05, 4.69) is 10.3 Å². The molecule has 0 aliphatic carbocycles. The Morgan fingerprint density at radius 3 is 2.92 bits per heavy atom. The number of hydrogen-bond donors (Lipinski definition) is 2. The molecule has 26 heavy (non-hydrogen) atoms. The van der Waals surface area contributed by atoms with Crippen molar-refractivity contribution in [3.05, 3.63) is 71.4 Å².